The molecular formula is C52H52N6O8. The molecular weight excluding hydrogens is 837 g/mol. The maximum Gasteiger partial charge on any atom is 0.297 e. The number of ketones is 2. The fourth-order valence-electron chi connectivity index (χ4n) is 9.57. The van der Waals surface area contributed by atoms with E-state index in [1.54, 1.807) is 87.6 Å². The Morgan fingerprint density at radius 1 is 0.545 bits per heavy atom. The number of rotatable bonds is 9. The van der Waals surface area contributed by atoms with E-state index in [1.807, 2.05) is 64.1 Å². The molecule has 0 saturated carbocycles. The van der Waals surface area contributed by atoms with Gasteiger partial charge in [0.2, 0.25) is 11.6 Å². The third-order valence-corrected chi connectivity index (χ3v) is 13.0. The summed E-state index contributed by atoms with van der Waals surface area (Å²) in [7, 11) is 3.44. The lowest BCUT2D eigenvalue weighted by molar-refractivity contribution is -0.118. The first-order chi connectivity index (χ1) is 31.3. The zero-order chi connectivity index (χ0) is 47.8. The van der Waals surface area contributed by atoms with Crippen molar-refractivity contribution >= 4 is 46.5 Å². The number of phenolic OH excluding ortho intramolecular Hbond substituents is 2. The second-order valence-corrected chi connectivity index (χ2v) is 17.7. The van der Waals surface area contributed by atoms with Gasteiger partial charge in [-0.25, -0.2) is 9.36 Å². The van der Waals surface area contributed by atoms with Gasteiger partial charge < -0.3 is 20.4 Å². The molecule has 14 nitrogen and oxygen atoms in total. The van der Waals surface area contributed by atoms with Gasteiger partial charge in [0.25, 0.3) is 11.1 Å². The molecule has 0 saturated heterocycles. The minimum atomic E-state index is -1.37. The topological polar surface area (TPSA) is 194 Å². The molecule has 338 valence electrons. The number of carbonyl (C=O) groups is 2. The van der Waals surface area contributed by atoms with Crippen molar-refractivity contribution in [1.82, 2.24) is 18.7 Å². The average Bonchev–Trinajstić information content (AvgIpc) is 3.62. The van der Waals surface area contributed by atoms with E-state index in [2.05, 4.69) is 9.98 Å². The van der Waals surface area contributed by atoms with Crippen LogP contribution in [0.4, 0.5) is 11.4 Å². The van der Waals surface area contributed by atoms with Crippen LogP contribution in [-0.2, 0) is 23.7 Å². The molecule has 0 bridgehead atoms. The van der Waals surface area contributed by atoms with E-state index < -0.39 is 46.0 Å². The van der Waals surface area contributed by atoms with Gasteiger partial charge in [0, 0.05) is 59.9 Å². The van der Waals surface area contributed by atoms with E-state index in [4.69, 9.17) is 0 Å². The van der Waals surface area contributed by atoms with Gasteiger partial charge in [-0.2, -0.15) is 0 Å². The number of hydrogen-bond donors (Lipinski definition) is 4. The average molecular weight is 889 g/mol. The largest absolute Gasteiger partial charge is 0.507 e. The first-order valence-corrected chi connectivity index (χ1v) is 21.7. The van der Waals surface area contributed by atoms with E-state index in [0.29, 0.717) is 56.2 Å². The van der Waals surface area contributed by atoms with E-state index >= 15 is 0 Å². The number of hydrogen-bond acceptors (Lipinski definition) is 10. The van der Waals surface area contributed by atoms with Crippen LogP contribution in [0.5, 0.6) is 11.5 Å². The number of phenols is 2. The molecule has 8 rings (SSSR count). The van der Waals surface area contributed by atoms with Gasteiger partial charge in [-0.05, 0) is 86.1 Å². The van der Waals surface area contributed by atoms with Crippen LogP contribution in [0, 0.1) is 39.5 Å². The van der Waals surface area contributed by atoms with Gasteiger partial charge in [-0.3, -0.25) is 38.5 Å². The maximum atomic E-state index is 14.3. The number of aromatic nitrogens is 4. The summed E-state index contributed by atoms with van der Waals surface area (Å²) in [5, 5.41) is 48.3. The van der Waals surface area contributed by atoms with Crippen molar-refractivity contribution in [3.8, 4) is 34.0 Å². The van der Waals surface area contributed by atoms with E-state index in [0.717, 1.165) is 0 Å². The molecule has 4 aromatic carbocycles. The lowest BCUT2D eigenvalue weighted by Gasteiger charge is -2.31. The lowest BCUT2D eigenvalue weighted by atomic mass is 9.73. The number of aliphatic hydroxyl groups is 2. The van der Waals surface area contributed by atoms with Crippen LogP contribution in [0.15, 0.2) is 104 Å². The fraction of sp³-hybridized carbons (Fsp3) is 0.269. The number of carbonyl (C=O) groups excluding carboxylic acids is 2. The number of aromatic hydroxyl groups is 2. The lowest BCUT2D eigenvalue weighted by Crippen LogP contribution is -2.26. The van der Waals surface area contributed by atoms with Crippen molar-refractivity contribution in [2.75, 3.05) is 0 Å². The summed E-state index contributed by atoms with van der Waals surface area (Å²) < 4.78 is 6.22. The van der Waals surface area contributed by atoms with Crippen LogP contribution in [0.3, 0.4) is 0 Å². The molecule has 2 aliphatic rings. The normalized spacial score (nSPS) is 16.5. The summed E-state index contributed by atoms with van der Waals surface area (Å²) in [6.07, 6.45) is 2.52. The van der Waals surface area contributed by atoms with Crippen molar-refractivity contribution in [2.45, 2.75) is 67.2 Å². The van der Waals surface area contributed by atoms with Crippen molar-refractivity contribution in [3.63, 3.8) is 0 Å². The predicted molar refractivity (Wildman–Crippen MR) is 257 cm³/mol. The summed E-state index contributed by atoms with van der Waals surface area (Å²) in [6.45, 7) is 14.2. The maximum absolute atomic E-state index is 14.3. The highest BCUT2D eigenvalue weighted by Crippen LogP contribution is 2.53. The summed E-state index contributed by atoms with van der Waals surface area (Å²) >= 11 is 0. The fourth-order valence-corrected chi connectivity index (χ4v) is 9.57. The van der Waals surface area contributed by atoms with Crippen LogP contribution < -0.4 is 11.1 Å². The van der Waals surface area contributed by atoms with Gasteiger partial charge in [0.15, 0.2) is 22.9 Å². The second kappa shape index (κ2) is 16.7. The predicted octanol–water partition coefficient (Wildman–Crippen LogP) is 8.97. The minimum absolute atomic E-state index is 0.0585. The third-order valence-electron chi connectivity index (χ3n) is 13.0. The number of aliphatic hydroxyl groups excluding tert-OH is 2. The van der Waals surface area contributed by atoms with Crippen molar-refractivity contribution in [1.29, 1.82) is 0 Å². The van der Waals surface area contributed by atoms with E-state index in [1.165, 1.54) is 21.8 Å². The molecule has 0 amide bonds. The smallest absolute Gasteiger partial charge is 0.297 e. The Hall–Kier alpha value is -7.74. The number of nitrogens with zero attached hydrogens (tertiary/aromatic N) is 6. The first-order valence-electron chi connectivity index (χ1n) is 21.7. The molecule has 2 heterocycles. The van der Waals surface area contributed by atoms with Gasteiger partial charge in [-0.15, -0.1) is 0 Å². The van der Waals surface area contributed by atoms with Gasteiger partial charge in [-0.1, -0.05) is 76.2 Å². The number of Topliss-reactive ketones (excluding diaryl/α,β-unsaturated/α-hetero) is 2. The quantitative estimate of drug-likeness (QED) is 0.103. The monoisotopic (exact) mass is 888 g/mol. The highest BCUT2D eigenvalue weighted by Gasteiger charge is 2.41. The summed E-state index contributed by atoms with van der Waals surface area (Å²) in [5.41, 5.74) is 4.37. The Morgan fingerprint density at radius 3 is 1.20 bits per heavy atom. The van der Waals surface area contributed by atoms with Crippen LogP contribution in [0.2, 0.25) is 0 Å². The summed E-state index contributed by atoms with van der Waals surface area (Å²) in [4.78, 5) is 65.5. The molecule has 0 aliphatic heterocycles. The molecule has 0 spiro atoms. The Kier molecular flexibility index (Phi) is 11.3. The van der Waals surface area contributed by atoms with Gasteiger partial charge in [0.1, 0.15) is 11.5 Å². The molecule has 66 heavy (non-hydrogen) atoms. The van der Waals surface area contributed by atoms with Crippen LogP contribution in [0.1, 0.15) is 84.3 Å². The molecule has 0 radical (unpaired) electrons. The van der Waals surface area contributed by atoms with Crippen LogP contribution >= 0.6 is 0 Å². The first kappa shape index (κ1) is 44.9. The molecule has 14 heteroatoms. The van der Waals surface area contributed by atoms with Crippen molar-refractivity contribution < 1.29 is 30.0 Å². The third kappa shape index (κ3) is 6.86. The highest BCUT2D eigenvalue weighted by molar-refractivity contribution is 6.18. The van der Waals surface area contributed by atoms with Crippen LogP contribution in [-0.4, -0.2) is 63.1 Å². The number of aryl methyl sites for hydroxylation is 2. The molecule has 2 aliphatic carbocycles. The molecule has 2 aromatic heterocycles. The second-order valence-electron chi connectivity index (χ2n) is 17.7. The van der Waals surface area contributed by atoms with Crippen molar-refractivity contribution in [3.05, 3.63) is 150 Å². The zero-order valence-corrected chi connectivity index (χ0v) is 38.5. The Labute approximate surface area is 381 Å². The van der Waals surface area contributed by atoms with Gasteiger partial charge >= 0.3 is 0 Å². The molecule has 2 unspecified atom stereocenters. The molecule has 2 atom stereocenters. The van der Waals surface area contributed by atoms with Crippen LogP contribution in [0.25, 0.3) is 33.6 Å². The standard InChI is InChI=1S/C52H52N6O8/c1-25(2)37-33-21-27(5)39(47(61)41(33)35(45(59)49(37)63)23-53-43-29(7)55(9)57(51(43)65)31-17-13-11-14-18-31)40-28(6)22-34-38(26(3)4)50(64)46(60)36(42(34)48(40)62)24-54-44-30(8)56(10)58(52(44)66)32-19-15-12-16-20-32/h11-26,35-36,61-64H,1-10H3. The SMILES string of the molecule is Cc1cc2c(c(O)c1-c1c(C)cc3c(c1O)C(C=Nc1c(C)n(C)n(-c4ccccc4)c1=O)C(=O)C(O)=C3C(C)C)C(C=Nc1c(C)n(C)n(-c3ccccc3)c1=O)C(=O)C(O)=C2C(C)C. The van der Waals surface area contributed by atoms with Crippen molar-refractivity contribution in [2.24, 2.45) is 35.9 Å². The zero-order valence-electron chi connectivity index (χ0n) is 38.5. The number of allylic oxidation sites excluding steroid dienone is 4. The number of benzene rings is 4. The number of aliphatic imine (C=N–C) groups is 2. The highest BCUT2D eigenvalue weighted by atomic mass is 16.3. The number of para-hydroxylation sites is 2. The minimum Gasteiger partial charge on any atom is -0.507 e. The Bertz CT molecular complexity index is 3060. The summed E-state index contributed by atoms with van der Waals surface area (Å²) in [5.74, 6) is -6.67. The number of fused-ring (bicyclic) bond motifs is 2. The molecule has 6 aromatic rings. The Balaban J connectivity index is 1.33. The van der Waals surface area contributed by atoms with E-state index in [9.17, 15) is 39.6 Å². The molecule has 4 N–H and O–H groups in total. The summed E-state index contributed by atoms with van der Waals surface area (Å²) in [6, 6.07) is 21.5. The molecule has 0 fully saturated rings. The van der Waals surface area contributed by atoms with Gasteiger partial charge in [0.05, 0.1) is 34.6 Å². The Morgan fingerprint density at radius 2 is 0.879 bits per heavy atom. The van der Waals surface area contributed by atoms with E-state index in [-0.39, 0.29) is 57.0 Å².